The minimum absolute atomic E-state index is 0.0626. The summed E-state index contributed by atoms with van der Waals surface area (Å²) in [5.74, 6) is -0.746. The summed E-state index contributed by atoms with van der Waals surface area (Å²) >= 11 is 0. The third-order valence-electron chi connectivity index (χ3n) is 3.37. The van der Waals surface area contributed by atoms with E-state index in [1.54, 1.807) is 0 Å². The monoisotopic (exact) mass is 345 g/mol. The van der Waals surface area contributed by atoms with Crippen LogP contribution in [0.2, 0.25) is 0 Å². The molecule has 1 aliphatic carbocycles. The second-order valence-electron chi connectivity index (χ2n) is 5.08. The number of aromatic amines is 1. The molecule has 0 saturated heterocycles. The summed E-state index contributed by atoms with van der Waals surface area (Å²) in [5, 5.41) is 0. The van der Waals surface area contributed by atoms with Crippen molar-refractivity contribution < 1.29 is 23.5 Å². The third-order valence-corrected chi connectivity index (χ3v) is 3.85. The molecule has 1 aliphatic rings. The van der Waals surface area contributed by atoms with Crippen LogP contribution in [0.3, 0.4) is 0 Å². The number of nitrogen functional groups attached to an aromatic ring is 1. The highest BCUT2D eigenvalue weighted by Crippen LogP contribution is 2.38. The molecule has 23 heavy (non-hydrogen) atoms. The Balaban J connectivity index is 1.87. The second-order valence-corrected chi connectivity index (χ2v) is 6.67. The van der Waals surface area contributed by atoms with Gasteiger partial charge in [0.1, 0.15) is 18.3 Å². The fourth-order valence-corrected chi connectivity index (χ4v) is 2.78. The minimum atomic E-state index is -4.39. The number of aromatic nitrogens is 4. The molecule has 2 heterocycles. The summed E-state index contributed by atoms with van der Waals surface area (Å²) in [5.41, 5.74) is 5.24. The summed E-state index contributed by atoms with van der Waals surface area (Å²) in [7, 11) is -4.39. The van der Waals surface area contributed by atoms with Gasteiger partial charge in [-0.25, -0.2) is 9.37 Å². The van der Waals surface area contributed by atoms with E-state index < -0.39 is 37.5 Å². The lowest BCUT2D eigenvalue weighted by Crippen LogP contribution is -2.15. The summed E-state index contributed by atoms with van der Waals surface area (Å²) in [6.45, 7) is 0. The zero-order valence-electron chi connectivity index (χ0n) is 11.6. The molecule has 0 spiro atoms. The van der Waals surface area contributed by atoms with Crippen molar-refractivity contribution in [1.29, 1.82) is 0 Å². The summed E-state index contributed by atoms with van der Waals surface area (Å²) in [4.78, 5) is 39.5. The normalized spacial score (nSPS) is 21.8. The fraction of sp³-hybridized carbons (Fsp3) is 0.364. The third kappa shape index (κ3) is 3.17. The van der Waals surface area contributed by atoms with Gasteiger partial charge in [0.05, 0.1) is 12.4 Å². The smallest absolute Gasteiger partial charge is 0.351 e. The number of hydrogen-bond donors (Lipinski definition) is 4. The van der Waals surface area contributed by atoms with Crippen molar-refractivity contribution in [3.05, 3.63) is 28.6 Å². The molecule has 2 aromatic heterocycles. The first-order chi connectivity index (χ1) is 10.7. The fourth-order valence-electron chi connectivity index (χ4n) is 2.41. The largest absolute Gasteiger partial charge is 0.369 e. The van der Waals surface area contributed by atoms with Crippen LogP contribution in [0.15, 0.2) is 23.0 Å². The molecule has 5 N–H and O–H groups in total. The van der Waals surface area contributed by atoms with Crippen LogP contribution in [-0.4, -0.2) is 41.8 Å². The number of hydrogen-bond acceptors (Lipinski definition) is 6. The van der Waals surface area contributed by atoms with Gasteiger partial charge in [-0.2, -0.15) is 4.98 Å². The predicted molar refractivity (Wildman–Crippen MR) is 77.2 cm³/mol. The molecule has 0 unspecified atom stereocenters. The molecule has 0 fully saturated rings. The SMILES string of the molecule is Nc1nc2c(ncn2[C@H]2C=C(F)[C@@H](OCP(=O)(O)O)C2)c(=O)[nH]1. The predicted octanol–water partition coefficient (Wildman–Crippen LogP) is 0.0204. The average molecular weight is 345 g/mol. The highest BCUT2D eigenvalue weighted by Gasteiger charge is 2.31. The lowest BCUT2D eigenvalue weighted by Gasteiger charge is -2.15. The van der Waals surface area contributed by atoms with E-state index in [1.807, 2.05) is 0 Å². The van der Waals surface area contributed by atoms with Crippen molar-refractivity contribution in [3.63, 3.8) is 0 Å². The van der Waals surface area contributed by atoms with Crippen molar-refractivity contribution >= 4 is 24.7 Å². The number of ether oxygens (including phenoxy) is 1. The molecule has 2 atom stereocenters. The van der Waals surface area contributed by atoms with Gasteiger partial charge in [-0.15, -0.1) is 0 Å². The second kappa shape index (κ2) is 5.53. The van der Waals surface area contributed by atoms with Gasteiger partial charge in [-0.1, -0.05) is 0 Å². The van der Waals surface area contributed by atoms with Crippen molar-refractivity contribution in [2.24, 2.45) is 0 Å². The van der Waals surface area contributed by atoms with Crippen molar-refractivity contribution in [3.8, 4) is 0 Å². The number of nitrogens with one attached hydrogen (secondary N) is 1. The first-order valence-corrected chi connectivity index (χ1v) is 8.30. The molecule has 3 rings (SSSR count). The van der Waals surface area contributed by atoms with Gasteiger partial charge in [0.2, 0.25) is 5.95 Å². The van der Waals surface area contributed by atoms with Crippen LogP contribution in [0.1, 0.15) is 12.5 Å². The Morgan fingerprint density at radius 3 is 3.00 bits per heavy atom. The highest BCUT2D eigenvalue weighted by molar-refractivity contribution is 7.51. The van der Waals surface area contributed by atoms with Gasteiger partial charge in [0, 0.05) is 6.42 Å². The van der Waals surface area contributed by atoms with Gasteiger partial charge in [0.25, 0.3) is 5.56 Å². The number of rotatable bonds is 4. The minimum Gasteiger partial charge on any atom is -0.369 e. The van der Waals surface area contributed by atoms with E-state index in [4.69, 9.17) is 20.3 Å². The molecule has 0 amide bonds. The molecule has 0 aliphatic heterocycles. The number of anilines is 1. The maximum absolute atomic E-state index is 13.9. The Bertz CT molecular complexity index is 887. The zero-order chi connectivity index (χ0) is 16.8. The maximum Gasteiger partial charge on any atom is 0.351 e. The van der Waals surface area contributed by atoms with Gasteiger partial charge in [0.15, 0.2) is 11.2 Å². The van der Waals surface area contributed by atoms with Crippen LogP contribution in [0.25, 0.3) is 11.2 Å². The summed E-state index contributed by atoms with van der Waals surface area (Å²) in [6.07, 6.45) is 0.688. The van der Waals surface area contributed by atoms with Gasteiger partial charge in [-0.3, -0.25) is 14.3 Å². The van der Waals surface area contributed by atoms with Crippen LogP contribution in [0, 0.1) is 0 Å². The number of fused-ring (bicyclic) bond motifs is 1. The summed E-state index contributed by atoms with van der Waals surface area (Å²) < 4.78 is 31.1. The van der Waals surface area contributed by atoms with Crippen LogP contribution < -0.4 is 11.3 Å². The number of imidazole rings is 1. The maximum atomic E-state index is 13.9. The molecule has 10 nitrogen and oxygen atoms in total. The van der Waals surface area contributed by atoms with Crippen molar-refractivity contribution in [2.75, 3.05) is 12.1 Å². The number of nitrogens with zero attached hydrogens (tertiary/aromatic N) is 3. The number of H-pyrrole nitrogens is 1. The Morgan fingerprint density at radius 1 is 1.57 bits per heavy atom. The Labute approximate surface area is 128 Å². The molecule has 124 valence electrons. The highest BCUT2D eigenvalue weighted by atomic mass is 31.2. The molecular formula is C11H13FN5O5P. The molecule has 0 saturated carbocycles. The van der Waals surface area contributed by atoms with E-state index in [0.717, 1.165) is 0 Å². The van der Waals surface area contributed by atoms with E-state index in [9.17, 15) is 13.8 Å². The quantitative estimate of drug-likeness (QED) is 0.565. The number of halogens is 1. The first kappa shape index (κ1) is 15.8. The first-order valence-electron chi connectivity index (χ1n) is 6.50. The molecule has 2 aromatic rings. The van der Waals surface area contributed by atoms with Crippen molar-refractivity contribution in [1.82, 2.24) is 19.5 Å². The summed E-state index contributed by atoms with van der Waals surface area (Å²) in [6, 6.07) is -0.560. The van der Waals surface area contributed by atoms with Crippen molar-refractivity contribution in [2.45, 2.75) is 18.6 Å². The van der Waals surface area contributed by atoms with E-state index >= 15 is 0 Å². The van der Waals surface area contributed by atoms with Crippen LogP contribution in [0.4, 0.5) is 10.3 Å². The van der Waals surface area contributed by atoms with Crippen LogP contribution in [-0.2, 0) is 9.30 Å². The molecule has 12 heteroatoms. The topological polar surface area (TPSA) is 156 Å². The Hall–Kier alpha value is -2.07. The van der Waals surface area contributed by atoms with Gasteiger partial charge >= 0.3 is 7.60 Å². The average Bonchev–Trinajstić information content (AvgIpc) is 2.99. The number of nitrogens with two attached hydrogens (primary N) is 1. The lowest BCUT2D eigenvalue weighted by atomic mass is 10.2. The molecule has 0 radical (unpaired) electrons. The van der Waals surface area contributed by atoms with Crippen LogP contribution in [0.5, 0.6) is 0 Å². The van der Waals surface area contributed by atoms with Crippen LogP contribution >= 0.6 is 7.60 Å². The van der Waals surface area contributed by atoms with Gasteiger partial charge in [-0.05, 0) is 6.08 Å². The van der Waals surface area contributed by atoms with E-state index in [2.05, 4.69) is 15.0 Å². The molecular weight excluding hydrogens is 332 g/mol. The van der Waals surface area contributed by atoms with E-state index in [-0.39, 0.29) is 23.5 Å². The molecule has 0 bridgehead atoms. The van der Waals surface area contributed by atoms with Gasteiger partial charge < -0.3 is 24.8 Å². The molecule has 0 aromatic carbocycles. The van der Waals surface area contributed by atoms with E-state index in [1.165, 1.54) is 17.0 Å². The van der Waals surface area contributed by atoms with E-state index in [0.29, 0.717) is 0 Å². The zero-order valence-corrected chi connectivity index (χ0v) is 12.5. The lowest BCUT2D eigenvalue weighted by molar-refractivity contribution is 0.0816. The Morgan fingerprint density at radius 2 is 2.30 bits per heavy atom. The number of allylic oxidation sites excluding steroid dienone is 1. The Kier molecular flexibility index (Phi) is 3.80. The standard InChI is InChI=1S/C11H13FN5O5P/c12-6-1-5(2-7(6)22-4-23(19,20)21)17-3-14-8-9(17)15-11(13)16-10(8)18/h1,3,5,7H,2,4H2,(H2,19,20,21)(H3,13,15,16,18)/t5-,7-/m0/s1.